The molecule has 98 valence electrons. The lowest BCUT2D eigenvalue weighted by atomic mass is 10.3. The quantitative estimate of drug-likeness (QED) is 0.372. The third-order valence-electron chi connectivity index (χ3n) is 2.39. The van der Waals surface area contributed by atoms with E-state index >= 15 is 0 Å². The zero-order valence-corrected chi connectivity index (χ0v) is 12.0. The average molecular weight is 314 g/mol. The molecule has 1 heterocycles. The third-order valence-corrected chi connectivity index (χ3v) is 2.82. The van der Waals surface area contributed by atoms with Crippen molar-refractivity contribution in [2.75, 3.05) is 13.1 Å². The molecule has 0 bridgehead atoms. The fourth-order valence-electron chi connectivity index (χ4n) is 1.54. The highest BCUT2D eigenvalue weighted by Crippen LogP contribution is 2.19. The summed E-state index contributed by atoms with van der Waals surface area (Å²) in [5.41, 5.74) is 8.74. The topological polar surface area (TPSA) is 82.8 Å². The number of halogens is 1. The molecule has 0 saturated carbocycles. The zero-order valence-electron chi connectivity index (χ0n) is 10.4. The normalized spacial score (nSPS) is 10.2. The SMILES string of the molecule is CC(C)n1cc(Br)cc1C(=O)NCCCN=[N+]=[N-]. The summed E-state index contributed by atoms with van der Waals surface area (Å²) in [5.74, 6) is -0.115. The summed E-state index contributed by atoms with van der Waals surface area (Å²) in [6.45, 7) is 4.93. The number of carbonyl (C=O) groups excluding carboxylic acids is 1. The van der Waals surface area contributed by atoms with Gasteiger partial charge in [0, 0.05) is 34.7 Å². The van der Waals surface area contributed by atoms with Gasteiger partial charge in [0.05, 0.1) is 0 Å². The van der Waals surface area contributed by atoms with E-state index in [-0.39, 0.29) is 11.9 Å². The molecule has 0 fully saturated rings. The number of azide groups is 1. The third kappa shape index (κ3) is 4.09. The van der Waals surface area contributed by atoms with Crippen molar-refractivity contribution in [3.8, 4) is 0 Å². The summed E-state index contributed by atoms with van der Waals surface area (Å²) in [6.07, 6.45) is 2.53. The van der Waals surface area contributed by atoms with Crippen LogP contribution in [0.15, 0.2) is 21.9 Å². The Labute approximate surface area is 114 Å². The summed E-state index contributed by atoms with van der Waals surface area (Å²) in [6, 6.07) is 2.02. The molecule has 0 saturated heterocycles. The molecule has 0 radical (unpaired) electrons. The molecule has 7 heteroatoms. The highest BCUT2D eigenvalue weighted by molar-refractivity contribution is 9.10. The Balaban J connectivity index is 2.58. The van der Waals surface area contributed by atoms with E-state index in [1.165, 1.54) is 0 Å². The molecule has 1 aromatic heterocycles. The van der Waals surface area contributed by atoms with Crippen LogP contribution < -0.4 is 5.32 Å². The van der Waals surface area contributed by atoms with E-state index in [0.717, 1.165) is 4.47 Å². The molecule has 1 amide bonds. The van der Waals surface area contributed by atoms with Crippen LogP contribution in [0, 0.1) is 0 Å². The Morgan fingerprint density at radius 1 is 1.67 bits per heavy atom. The van der Waals surface area contributed by atoms with Crippen LogP contribution in [0.2, 0.25) is 0 Å². The molecule has 0 aliphatic carbocycles. The molecule has 1 aromatic rings. The van der Waals surface area contributed by atoms with Crippen molar-refractivity contribution in [3.63, 3.8) is 0 Å². The van der Waals surface area contributed by atoms with E-state index in [2.05, 4.69) is 31.3 Å². The summed E-state index contributed by atoms with van der Waals surface area (Å²) < 4.78 is 2.79. The number of carbonyl (C=O) groups is 1. The van der Waals surface area contributed by atoms with Gasteiger partial charge in [0.1, 0.15) is 5.69 Å². The van der Waals surface area contributed by atoms with E-state index in [4.69, 9.17) is 5.53 Å². The molecule has 18 heavy (non-hydrogen) atoms. The van der Waals surface area contributed by atoms with E-state index < -0.39 is 0 Å². The first kappa shape index (κ1) is 14.6. The molecule has 0 atom stereocenters. The number of nitrogens with one attached hydrogen (secondary N) is 1. The second kappa shape index (κ2) is 7.08. The van der Waals surface area contributed by atoms with E-state index in [0.29, 0.717) is 25.2 Å². The van der Waals surface area contributed by atoms with E-state index in [1.807, 2.05) is 24.6 Å². The molecule has 1 rings (SSSR count). The lowest BCUT2D eigenvalue weighted by molar-refractivity contribution is 0.0942. The van der Waals surface area contributed by atoms with Crippen molar-refractivity contribution in [2.24, 2.45) is 5.11 Å². The number of rotatable bonds is 6. The van der Waals surface area contributed by atoms with E-state index in [1.54, 1.807) is 6.07 Å². The molecule has 0 aliphatic rings. The van der Waals surface area contributed by atoms with Crippen molar-refractivity contribution < 1.29 is 4.79 Å². The monoisotopic (exact) mass is 313 g/mol. The standard InChI is InChI=1S/C11H16BrN5O/c1-8(2)17-7-9(12)6-10(17)11(18)14-4-3-5-15-16-13/h6-8H,3-5H2,1-2H3,(H,14,18). The minimum Gasteiger partial charge on any atom is -0.351 e. The van der Waals surface area contributed by atoms with Gasteiger partial charge >= 0.3 is 0 Å². The van der Waals surface area contributed by atoms with Gasteiger partial charge in [-0.3, -0.25) is 4.79 Å². The van der Waals surface area contributed by atoms with Gasteiger partial charge < -0.3 is 9.88 Å². The number of hydrogen-bond donors (Lipinski definition) is 1. The van der Waals surface area contributed by atoms with Crippen molar-refractivity contribution in [3.05, 3.63) is 32.9 Å². The van der Waals surface area contributed by atoms with Gasteiger partial charge in [0.25, 0.3) is 5.91 Å². The summed E-state index contributed by atoms with van der Waals surface area (Å²) in [7, 11) is 0. The molecule has 1 N–H and O–H groups in total. The molecule has 0 aliphatic heterocycles. The van der Waals surface area contributed by atoms with Crippen molar-refractivity contribution in [1.29, 1.82) is 0 Å². The summed E-state index contributed by atoms with van der Waals surface area (Å²) in [4.78, 5) is 14.6. The lowest BCUT2D eigenvalue weighted by Crippen LogP contribution is -2.27. The zero-order chi connectivity index (χ0) is 13.5. The van der Waals surface area contributed by atoms with Gasteiger partial charge in [-0.2, -0.15) is 0 Å². The first-order valence-corrected chi connectivity index (χ1v) is 6.52. The first-order chi connectivity index (χ1) is 8.56. The van der Waals surface area contributed by atoms with Crippen molar-refractivity contribution in [2.45, 2.75) is 26.3 Å². The Bertz CT molecular complexity index is 462. The fourth-order valence-corrected chi connectivity index (χ4v) is 1.98. The molecule has 0 unspecified atom stereocenters. The number of amides is 1. The minimum absolute atomic E-state index is 0.115. The average Bonchev–Trinajstić information content (AvgIpc) is 2.71. The molecule has 0 aromatic carbocycles. The Morgan fingerprint density at radius 2 is 2.39 bits per heavy atom. The van der Waals surface area contributed by atoms with Crippen LogP contribution in [-0.2, 0) is 0 Å². The van der Waals surface area contributed by atoms with Crippen LogP contribution >= 0.6 is 15.9 Å². The molecular formula is C11H16BrN5O. The maximum atomic E-state index is 12.0. The lowest BCUT2D eigenvalue weighted by Gasteiger charge is -2.12. The van der Waals surface area contributed by atoms with Crippen LogP contribution in [0.5, 0.6) is 0 Å². The fraction of sp³-hybridized carbons (Fsp3) is 0.545. The highest BCUT2D eigenvalue weighted by Gasteiger charge is 2.14. The summed E-state index contributed by atoms with van der Waals surface area (Å²) >= 11 is 3.37. The van der Waals surface area contributed by atoms with Gasteiger partial charge in [0.2, 0.25) is 0 Å². The second-order valence-electron chi connectivity index (χ2n) is 4.11. The van der Waals surface area contributed by atoms with Gasteiger partial charge in [-0.15, -0.1) is 0 Å². The van der Waals surface area contributed by atoms with Crippen molar-refractivity contribution in [1.82, 2.24) is 9.88 Å². The first-order valence-electron chi connectivity index (χ1n) is 5.72. The maximum Gasteiger partial charge on any atom is 0.267 e. The Hall–Kier alpha value is -1.46. The smallest absolute Gasteiger partial charge is 0.267 e. The second-order valence-corrected chi connectivity index (χ2v) is 5.02. The molecular weight excluding hydrogens is 298 g/mol. The van der Waals surface area contributed by atoms with Crippen LogP contribution in [0.1, 0.15) is 36.8 Å². The summed E-state index contributed by atoms with van der Waals surface area (Å²) in [5, 5.41) is 6.21. The van der Waals surface area contributed by atoms with Crippen LogP contribution in [0.3, 0.4) is 0 Å². The highest BCUT2D eigenvalue weighted by atomic mass is 79.9. The number of nitrogens with zero attached hydrogens (tertiary/aromatic N) is 4. The van der Waals surface area contributed by atoms with Crippen LogP contribution in [-0.4, -0.2) is 23.6 Å². The number of aromatic nitrogens is 1. The minimum atomic E-state index is -0.115. The number of hydrogen-bond acceptors (Lipinski definition) is 2. The van der Waals surface area contributed by atoms with Gasteiger partial charge in [-0.05, 0) is 47.8 Å². The largest absolute Gasteiger partial charge is 0.351 e. The van der Waals surface area contributed by atoms with Gasteiger partial charge in [-0.25, -0.2) is 0 Å². The van der Waals surface area contributed by atoms with Crippen molar-refractivity contribution >= 4 is 21.8 Å². The predicted molar refractivity (Wildman–Crippen MR) is 73.5 cm³/mol. The molecule has 0 spiro atoms. The van der Waals surface area contributed by atoms with E-state index in [9.17, 15) is 4.79 Å². The van der Waals surface area contributed by atoms with Crippen LogP contribution in [0.4, 0.5) is 0 Å². The van der Waals surface area contributed by atoms with Gasteiger partial charge in [-0.1, -0.05) is 5.11 Å². The molecule has 6 nitrogen and oxygen atoms in total. The predicted octanol–water partition coefficient (Wildman–Crippen LogP) is 3.26. The Morgan fingerprint density at radius 3 is 3.00 bits per heavy atom. The van der Waals surface area contributed by atoms with Gasteiger partial charge in [0.15, 0.2) is 0 Å². The van der Waals surface area contributed by atoms with Crippen LogP contribution in [0.25, 0.3) is 10.4 Å². The Kier molecular flexibility index (Phi) is 5.74. The maximum absolute atomic E-state index is 12.0.